The number of nitrogens with one attached hydrogen (secondary N) is 1. The van der Waals surface area contributed by atoms with E-state index in [1.165, 1.54) is 7.11 Å². The van der Waals surface area contributed by atoms with E-state index < -0.39 is 23.7 Å². The fraction of sp³-hybridized carbons (Fsp3) is 0.579. The lowest BCUT2D eigenvalue weighted by Crippen LogP contribution is -2.38. The Labute approximate surface area is 149 Å². The average Bonchev–Trinajstić information content (AvgIpc) is 2.55. The van der Waals surface area contributed by atoms with E-state index in [0.717, 1.165) is 6.42 Å². The van der Waals surface area contributed by atoms with E-state index in [0.29, 0.717) is 23.8 Å². The molecule has 1 amide bonds. The Balaban J connectivity index is 2.82. The SMILES string of the molecule is CCC(C)COc1ccc([C@@H](NC(=O)OC(C)(C)C)C(=O)OC)cc1. The lowest BCUT2D eigenvalue weighted by molar-refractivity contribution is -0.143. The molecule has 0 aromatic heterocycles. The van der Waals surface area contributed by atoms with Crippen molar-refractivity contribution >= 4 is 12.1 Å². The molecule has 140 valence electrons. The summed E-state index contributed by atoms with van der Waals surface area (Å²) in [7, 11) is 1.27. The van der Waals surface area contributed by atoms with Crippen LogP contribution >= 0.6 is 0 Å². The monoisotopic (exact) mass is 351 g/mol. The molecule has 0 heterocycles. The van der Waals surface area contributed by atoms with Gasteiger partial charge in [-0.1, -0.05) is 32.4 Å². The summed E-state index contributed by atoms with van der Waals surface area (Å²) in [6, 6.07) is 6.05. The lowest BCUT2D eigenvalue weighted by Gasteiger charge is -2.23. The highest BCUT2D eigenvalue weighted by Crippen LogP contribution is 2.20. The number of methoxy groups -OCH3 is 1. The molecular weight excluding hydrogens is 322 g/mol. The molecule has 0 saturated heterocycles. The van der Waals surface area contributed by atoms with Gasteiger partial charge in [-0.2, -0.15) is 0 Å². The molecule has 0 saturated carbocycles. The summed E-state index contributed by atoms with van der Waals surface area (Å²) < 4.78 is 15.7. The zero-order valence-electron chi connectivity index (χ0n) is 15.9. The van der Waals surface area contributed by atoms with Gasteiger partial charge in [-0.3, -0.25) is 0 Å². The summed E-state index contributed by atoms with van der Waals surface area (Å²) in [5.74, 6) is 0.611. The van der Waals surface area contributed by atoms with Crippen molar-refractivity contribution in [3.8, 4) is 5.75 Å². The van der Waals surface area contributed by atoms with Crippen LogP contribution in [-0.2, 0) is 14.3 Å². The highest BCUT2D eigenvalue weighted by Gasteiger charge is 2.26. The molecule has 0 aliphatic carbocycles. The Hall–Kier alpha value is -2.24. The maximum Gasteiger partial charge on any atom is 0.408 e. The van der Waals surface area contributed by atoms with E-state index in [2.05, 4.69) is 19.2 Å². The minimum absolute atomic E-state index is 0.469. The Morgan fingerprint density at radius 1 is 1.16 bits per heavy atom. The van der Waals surface area contributed by atoms with Gasteiger partial charge in [-0.25, -0.2) is 9.59 Å². The number of ether oxygens (including phenoxy) is 3. The molecule has 6 heteroatoms. The number of alkyl carbamates (subject to hydrolysis) is 1. The first-order valence-electron chi connectivity index (χ1n) is 8.46. The Morgan fingerprint density at radius 2 is 1.76 bits per heavy atom. The summed E-state index contributed by atoms with van der Waals surface area (Å²) in [5.41, 5.74) is -0.0630. The zero-order chi connectivity index (χ0) is 19.0. The topological polar surface area (TPSA) is 73.9 Å². The van der Waals surface area contributed by atoms with Crippen LogP contribution in [-0.4, -0.2) is 31.4 Å². The molecule has 1 unspecified atom stereocenters. The molecule has 25 heavy (non-hydrogen) atoms. The molecule has 0 aliphatic heterocycles. The van der Waals surface area contributed by atoms with Gasteiger partial charge in [0.1, 0.15) is 11.4 Å². The third kappa shape index (κ3) is 7.45. The van der Waals surface area contributed by atoms with Crippen LogP contribution in [0.3, 0.4) is 0 Å². The second-order valence-corrected chi connectivity index (χ2v) is 7.00. The van der Waals surface area contributed by atoms with Gasteiger partial charge in [0.2, 0.25) is 0 Å². The van der Waals surface area contributed by atoms with Crippen LogP contribution in [0, 0.1) is 5.92 Å². The number of hydrogen-bond acceptors (Lipinski definition) is 5. The lowest BCUT2D eigenvalue weighted by atomic mass is 10.1. The maximum absolute atomic E-state index is 12.0. The Morgan fingerprint density at radius 3 is 2.24 bits per heavy atom. The van der Waals surface area contributed by atoms with Crippen molar-refractivity contribution in [2.45, 2.75) is 52.7 Å². The highest BCUT2D eigenvalue weighted by atomic mass is 16.6. The molecular formula is C19H29NO5. The van der Waals surface area contributed by atoms with Crippen molar-refractivity contribution in [2.75, 3.05) is 13.7 Å². The fourth-order valence-electron chi connectivity index (χ4n) is 1.93. The smallest absolute Gasteiger partial charge is 0.408 e. The third-order valence-electron chi connectivity index (χ3n) is 3.54. The van der Waals surface area contributed by atoms with Crippen molar-refractivity contribution in [1.82, 2.24) is 5.32 Å². The number of esters is 1. The average molecular weight is 351 g/mol. The molecule has 0 fully saturated rings. The largest absolute Gasteiger partial charge is 0.493 e. The first-order valence-corrected chi connectivity index (χ1v) is 8.46. The van der Waals surface area contributed by atoms with Crippen molar-refractivity contribution in [3.05, 3.63) is 29.8 Å². The van der Waals surface area contributed by atoms with E-state index in [1.807, 2.05) is 0 Å². The number of hydrogen-bond donors (Lipinski definition) is 1. The summed E-state index contributed by atoms with van der Waals surface area (Å²) in [6.45, 7) is 10.1. The van der Waals surface area contributed by atoms with Crippen molar-refractivity contribution < 1.29 is 23.8 Å². The quantitative estimate of drug-likeness (QED) is 0.755. The molecule has 2 atom stereocenters. The zero-order valence-corrected chi connectivity index (χ0v) is 15.9. The highest BCUT2D eigenvalue weighted by molar-refractivity contribution is 5.82. The van der Waals surface area contributed by atoms with Gasteiger partial charge in [0.05, 0.1) is 13.7 Å². The molecule has 1 rings (SSSR count). The number of rotatable bonds is 7. The minimum atomic E-state index is -0.941. The third-order valence-corrected chi connectivity index (χ3v) is 3.54. The molecule has 0 bridgehead atoms. The van der Waals surface area contributed by atoms with Gasteiger partial charge < -0.3 is 19.5 Å². The van der Waals surface area contributed by atoms with Gasteiger partial charge in [0.15, 0.2) is 6.04 Å². The number of benzene rings is 1. The van der Waals surface area contributed by atoms with Crippen LogP contribution in [0.1, 0.15) is 52.6 Å². The Kier molecular flexibility index (Phi) is 7.74. The summed E-state index contributed by atoms with van der Waals surface area (Å²) >= 11 is 0. The van der Waals surface area contributed by atoms with Gasteiger partial charge in [-0.15, -0.1) is 0 Å². The molecule has 1 N–H and O–H groups in total. The molecule has 0 aliphatic rings. The molecule has 0 radical (unpaired) electrons. The van der Waals surface area contributed by atoms with Crippen molar-refractivity contribution in [1.29, 1.82) is 0 Å². The van der Waals surface area contributed by atoms with E-state index >= 15 is 0 Å². The second-order valence-electron chi connectivity index (χ2n) is 7.00. The molecule has 1 aromatic rings. The number of amides is 1. The van der Waals surface area contributed by atoms with E-state index in [-0.39, 0.29) is 0 Å². The predicted octanol–water partition coefficient (Wildman–Crippen LogP) is 3.85. The van der Waals surface area contributed by atoms with Crippen LogP contribution in [0.5, 0.6) is 5.75 Å². The summed E-state index contributed by atoms with van der Waals surface area (Å²) in [5, 5.41) is 2.54. The first kappa shape index (κ1) is 20.8. The molecule has 0 spiro atoms. The van der Waals surface area contributed by atoms with E-state index in [1.54, 1.807) is 45.0 Å². The Bertz CT molecular complexity index is 562. The molecule has 6 nitrogen and oxygen atoms in total. The van der Waals surface area contributed by atoms with Crippen LogP contribution in [0.4, 0.5) is 4.79 Å². The van der Waals surface area contributed by atoms with Gasteiger partial charge >= 0.3 is 12.1 Å². The maximum atomic E-state index is 12.0. The summed E-state index contributed by atoms with van der Waals surface area (Å²) in [6.07, 6.45) is 0.363. The van der Waals surface area contributed by atoms with E-state index in [4.69, 9.17) is 14.2 Å². The van der Waals surface area contributed by atoms with E-state index in [9.17, 15) is 9.59 Å². The normalized spacial score (nSPS) is 13.5. The van der Waals surface area contributed by atoms with Gasteiger partial charge in [0.25, 0.3) is 0 Å². The summed E-state index contributed by atoms with van der Waals surface area (Å²) in [4.78, 5) is 24.0. The van der Waals surface area contributed by atoms with Crippen LogP contribution < -0.4 is 10.1 Å². The van der Waals surface area contributed by atoms with Crippen molar-refractivity contribution in [2.24, 2.45) is 5.92 Å². The van der Waals surface area contributed by atoms with Crippen LogP contribution in [0.2, 0.25) is 0 Å². The van der Waals surface area contributed by atoms with Gasteiger partial charge in [-0.05, 0) is 44.4 Å². The number of carbonyl (C=O) groups excluding carboxylic acids is 2. The minimum Gasteiger partial charge on any atom is -0.493 e. The van der Waals surface area contributed by atoms with Crippen LogP contribution in [0.25, 0.3) is 0 Å². The predicted molar refractivity (Wildman–Crippen MR) is 95.5 cm³/mol. The number of carbonyl (C=O) groups is 2. The van der Waals surface area contributed by atoms with Crippen molar-refractivity contribution in [3.63, 3.8) is 0 Å². The fourth-order valence-corrected chi connectivity index (χ4v) is 1.93. The van der Waals surface area contributed by atoms with Gasteiger partial charge in [0, 0.05) is 0 Å². The van der Waals surface area contributed by atoms with Crippen LogP contribution in [0.15, 0.2) is 24.3 Å². The first-order chi connectivity index (χ1) is 11.7. The molecule has 1 aromatic carbocycles. The standard InChI is InChI=1S/C19H29NO5/c1-7-13(2)12-24-15-10-8-14(9-11-15)16(17(21)23-6)20-18(22)25-19(3,4)5/h8-11,13,16H,7,12H2,1-6H3,(H,20,22)/t13?,16-/m1/s1. The second kappa shape index (κ2) is 9.30.